The number of ether oxygens (including phenoxy) is 2. The zero-order valence-corrected chi connectivity index (χ0v) is 13.1. The summed E-state index contributed by atoms with van der Waals surface area (Å²) in [6.45, 7) is 2.10. The maximum atomic E-state index is 9.46. The first-order valence-electron chi connectivity index (χ1n) is 7.92. The van der Waals surface area contributed by atoms with E-state index in [0.717, 1.165) is 41.9 Å². The molecule has 4 rings (SSSR count). The molecule has 0 aliphatic carbocycles. The van der Waals surface area contributed by atoms with Gasteiger partial charge in [0.05, 0.1) is 25.0 Å². The first-order valence-corrected chi connectivity index (χ1v) is 7.92. The van der Waals surface area contributed by atoms with Crippen LogP contribution < -0.4 is 4.74 Å². The van der Waals surface area contributed by atoms with Gasteiger partial charge in [0.15, 0.2) is 5.58 Å². The highest BCUT2D eigenvalue weighted by atomic mass is 16.5. The van der Waals surface area contributed by atoms with Crippen molar-refractivity contribution in [3.8, 4) is 22.9 Å². The number of fused-ring (bicyclic) bond motifs is 1. The molecule has 1 aliphatic heterocycles. The Hall–Kier alpha value is -2.84. The summed E-state index contributed by atoms with van der Waals surface area (Å²) in [6.07, 6.45) is 4.37. The third kappa shape index (κ3) is 2.72. The van der Waals surface area contributed by atoms with Gasteiger partial charge in [-0.05, 0) is 30.2 Å². The van der Waals surface area contributed by atoms with Crippen LogP contribution in [0, 0.1) is 17.2 Å². The van der Waals surface area contributed by atoms with Crippen molar-refractivity contribution in [3.05, 3.63) is 48.4 Å². The van der Waals surface area contributed by atoms with Crippen LogP contribution in [0.4, 0.5) is 0 Å². The number of benzene rings is 1. The fourth-order valence-electron chi connectivity index (χ4n) is 2.93. The van der Waals surface area contributed by atoms with E-state index in [2.05, 4.69) is 11.1 Å². The molecule has 1 fully saturated rings. The summed E-state index contributed by atoms with van der Waals surface area (Å²) in [6, 6.07) is 11.6. The first-order chi connectivity index (χ1) is 11.8. The average molecular weight is 320 g/mol. The summed E-state index contributed by atoms with van der Waals surface area (Å²) in [7, 11) is 0. The van der Waals surface area contributed by atoms with Crippen LogP contribution in [0.3, 0.4) is 0 Å². The molecule has 0 N–H and O–H groups in total. The Labute approximate surface area is 139 Å². The van der Waals surface area contributed by atoms with E-state index >= 15 is 0 Å². The Morgan fingerprint density at radius 3 is 3.08 bits per heavy atom. The molecule has 0 bridgehead atoms. The second-order valence-corrected chi connectivity index (χ2v) is 5.86. The highest BCUT2D eigenvalue weighted by molar-refractivity contribution is 5.90. The number of hydrogen-bond acceptors (Lipinski definition) is 5. The number of aromatic nitrogens is 1. The van der Waals surface area contributed by atoms with Crippen molar-refractivity contribution in [2.75, 3.05) is 19.8 Å². The molecule has 1 unspecified atom stereocenters. The maximum Gasteiger partial charge on any atom is 0.160 e. The molecule has 5 nitrogen and oxygen atoms in total. The Balaban J connectivity index is 1.63. The highest BCUT2D eigenvalue weighted by Crippen LogP contribution is 2.31. The molecule has 1 aliphatic rings. The lowest BCUT2D eigenvalue weighted by Crippen LogP contribution is -2.12. The molecule has 0 spiro atoms. The van der Waals surface area contributed by atoms with E-state index in [4.69, 9.17) is 13.9 Å². The van der Waals surface area contributed by atoms with Crippen molar-refractivity contribution in [2.45, 2.75) is 6.42 Å². The van der Waals surface area contributed by atoms with Crippen molar-refractivity contribution in [1.82, 2.24) is 4.98 Å². The van der Waals surface area contributed by atoms with Crippen LogP contribution >= 0.6 is 0 Å². The molecular weight excluding hydrogens is 304 g/mol. The summed E-state index contributed by atoms with van der Waals surface area (Å²) < 4.78 is 16.7. The van der Waals surface area contributed by atoms with E-state index in [9.17, 15) is 5.26 Å². The van der Waals surface area contributed by atoms with E-state index in [-0.39, 0.29) is 0 Å². The summed E-state index contributed by atoms with van der Waals surface area (Å²) in [5, 5.41) is 9.46. The van der Waals surface area contributed by atoms with Gasteiger partial charge in [-0.15, -0.1) is 0 Å². The van der Waals surface area contributed by atoms with Gasteiger partial charge in [-0.1, -0.05) is 6.07 Å². The number of rotatable bonds is 4. The van der Waals surface area contributed by atoms with Crippen LogP contribution in [0.2, 0.25) is 0 Å². The van der Waals surface area contributed by atoms with Crippen molar-refractivity contribution < 1.29 is 13.9 Å². The molecule has 0 amide bonds. The molecule has 1 saturated heterocycles. The quantitative estimate of drug-likeness (QED) is 0.731. The summed E-state index contributed by atoms with van der Waals surface area (Å²) in [5.41, 5.74) is 3.86. The summed E-state index contributed by atoms with van der Waals surface area (Å²) in [4.78, 5) is 4.27. The van der Waals surface area contributed by atoms with E-state index in [1.807, 2.05) is 30.3 Å². The summed E-state index contributed by atoms with van der Waals surface area (Å²) in [5.74, 6) is 1.01. The van der Waals surface area contributed by atoms with Crippen molar-refractivity contribution in [3.63, 3.8) is 0 Å². The number of nitriles is 1. The number of pyridine rings is 1. The second kappa shape index (κ2) is 6.34. The molecule has 0 saturated carbocycles. The van der Waals surface area contributed by atoms with Crippen LogP contribution in [0.5, 0.6) is 5.75 Å². The molecule has 1 atom stereocenters. The topological polar surface area (TPSA) is 68.3 Å². The van der Waals surface area contributed by atoms with Crippen LogP contribution in [0.15, 0.2) is 47.2 Å². The van der Waals surface area contributed by atoms with Gasteiger partial charge < -0.3 is 13.9 Å². The Bertz CT molecular complexity index is 904. The highest BCUT2D eigenvalue weighted by Gasteiger charge is 2.17. The van der Waals surface area contributed by atoms with Gasteiger partial charge in [-0.3, -0.25) is 4.98 Å². The number of nitrogens with zero attached hydrogens (tertiary/aromatic N) is 2. The molecule has 24 heavy (non-hydrogen) atoms. The minimum absolute atomic E-state index is 0.402. The van der Waals surface area contributed by atoms with Gasteiger partial charge in [0.1, 0.15) is 17.3 Å². The van der Waals surface area contributed by atoms with Gasteiger partial charge in [0, 0.05) is 30.4 Å². The third-order valence-electron chi connectivity index (χ3n) is 4.25. The van der Waals surface area contributed by atoms with E-state index in [0.29, 0.717) is 23.8 Å². The third-order valence-corrected chi connectivity index (χ3v) is 4.25. The molecular formula is C19H16N2O3. The molecule has 1 aromatic carbocycles. The zero-order chi connectivity index (χ0) is 16.4. The average Bonchev–Trinajstić information content (AvgIpc) is 3.30. The van der Waals surface area contributed by atoms with E-state index in [1.165, 1.54) is 0 Å². The molecule has 2 aromatic heterocycles. The largest absolute Gasteiger partial charge is 0.492 e. The molecule has 0 radical (unpaired) electrons. The minimum Gasteiger partial charge on any atom is -0.492 e. The lowest BCUT2D eigenvalue weighted by atomic mass is 10.0. The van der Waals surface area contributed by atoms with E-state index < -0.39 is 0 Å². The fourth-order valence-corrected chi connectivity index (χ4v) is 2.93. The lowest BCUT2D eigenvalue weighted by Gasteiger charge is -2.12. The van der Waals surface area contributed by atoms with Crippen molar-refractivity contribution >= 4 is 11.1 Å². The number of hydrogen-bond donors (Lipinski definition) is 0. The van der Waals surface area contributed by atoms with Gasteiger partial charge in [0.2, 0.25) is 0 Å². The van der Waals surface area contributed by atoms with Crippen LogP contribution in [-0.2, 0) is 4.74 Å². The summed E-state index contributed by atoms with van der Waals surface area (Å²) >= 11 is 0. The SMILES string of the molecule is N#Cc1cc(-c2ccnc3ccoc23)ccc1OCC1CCOC1. The van der Waals surface area contributed by atoms with Gasteiger partial charge in [-0.2, -0.15) is 5.26 Å². The Kier molecular flexibility index (Phi) is 3.89. The molecule has 3 aromatic rings. The standard InChI is InChI=1S/C19H16N2O3/c20-10-15-9-14(16-3-6-21-17-5-8-23-19(16)17)1-2-18(15)24-12-13-4-7-22-11-13/h1-3,5-6,8-9,13H,4,7,11-12H2. The monoisotopic (exact) mass is 320 g/mol. The van der Waals surface area contributed by atoms with Crippen LogP contribution in [0.25, 0.3) is 22.2 Å². The molecule has 120 valence electrons. The lowest BCUT2D eigenvalue weighted by molar-refractivity contribution is 0.167. The van der Waals surface area contributed by atoms with Crippen molar-refractivity contribution in [1.29, 1.82) is 5.26 Å². The normalized spacial score (nSPS) is 17.0. The maximum absolute atomic E-state index is 9.46. The predicted octanol–water partition coefficient (Wildman–Crippen LogP) is 3.78. The zero-order valence-electron chi connectivity index (χ0n) is 13.1. The smallest absolute Gasteiger partial charge is 0.160 e. The van der Waals surface area contributed by atoms with Gasteiger partial charge in [-0.25, -0.2) is 0 Å². The predicted molar refractivity (Wildman–Crippen MR) is 88.6 cm³/mol. The minimum atomic E-state index is 0.402. The Morgan fingerprint density at radius 2 is 2.25 bits per heavy atom. The molecule has 3 heterocycles. The Morgan fingerprint density at radius 1 is 1.29 bits per heavy atom. The van der Waals surface area contributed by atoms with Crippen LogP contribution in [0.1, 0.15) is 12.0 Å². The van der Waals surface area contributed by atoms with Crippen molar-refractivity contribution in [2.24, 2.45) is 5.92 Å². The second-order valence-electron chi connectivity index (χ2n) is 5.86. The van der Waals surface area contributed by atoms with Crippen LogP contribution in [-0.4, -0.2) is 24.8 Å². The van der Waals surface area contributed by atoms with E-state index in [1.54, 1.807) is 12.5 Å². The molecule has 5 heteroatoms. The number of furan rings is 1. The van der Waals surface area contributed by atoms with Gasteiger partial charge in [0.25, 0.3) is 0 Å². The fraction of sp³-hybridized carbons (Fsp3) is 0.263. The van der Waals surface area contributed by atoms with Gasteiger partial charge >= 0.3 is 0 Å². The first kappa shape index (κ1) is 14.7.